The second-order valence-corrected chi connectivity index (χ2v) is 6.08. The number of aryl methyl sites for hydroxylation is 2. The first-order chi connectivity index (χ1) is 11.2. The maximum Gasteiger partial charge on any atom is 0.223 e. The minimum Gasteiger partial charge on any atom is -0.493 e. The molecular weight excluding hydrogens is 286 g/mol. The number of benzene rings is 2. The van der Waals surface area contributed by atoms with E-state index in [0.717, 1.165) is 30.6 Å². The molecule has 0 saturated carbocycles. The van der Waals surface area contributed by atoms with Crippen LogP contribution in [-0.4, -0.2) is 12.5 Å². The van der Waals surface area contributed by atoms with Crippen molar-refractivity contribution in [3.63, 3.8) is 0 Å². The van der Waals surface area contributed by atoms with E-state index in [-0.39, 0.29) is 11.9 Å². The fourth-order valence-electron chi connectivity index (χ4n) is 3.14. The van der Waals surface area contributed by atoms with E-state index in [1.165, 1.54) is 11.1 Å². The Balaban J connectivity index is 1.52. The number of fused-ring (bicyclic) bond motifs is 1. The molecule has 0 heterocycles. The van der Waals surface area contributed by atoms with E-state index >= 15 is 0 Å². The Morgan fingerprint density at radius 3 is 2.83 bits per heavy atom. The second-order valence-electron chi connectivity index (χ2n) is 6.08. The summed E-state index contributed by atoms with van der Waals surface area (Å²) in [6.07, 6.45) is 3.63. The number of carbonyl (C=O) groups is 1. The summed E-state index contributed by atoms with van der Waals surface area (Å²) >= 11 is 0. The van der Waals surface area contributed by atoms with Crippen molar-refractivity contribution in [1.82, 2.24) is 5.32 Å². The van der Waals surface area contributed by atoms with E-state index in [9.17, 15) is 4.79 Å². The third-order valence-electron chi connectivity index (χ3n) is 4.38. The number of hydrogen-bond acceptors (Lipinski definition) is 2. The molecule has 1 atom stereocenters. The Kier molecular flexibility index (Phi) is 4.96. The van der Waals surface area contributed by atoms with Gasteiger partial charge in [0.1, 0.15) is 5.75 Å². The highest BCUT2D eigenvalue weighted by Crippen LogP contribution is 2.29. The summed E-state index contributed by atoms with van der Waals surface area (Å²) in [6, 6.07) is 16.4. The Morgan fingerprint density at radius 1 is 1.17 bits per heavy atom. The fraction of sp³-hybridized carbons (Fsp3) is 0.350. The average molecular weight is 309 g/mol. The number of carbonyl (C=O) groups excluding carboxylic acids is 1. The number of nitrogens with one attached hydrogen (secondary N) is 1. The molecule has 1 aliphatic rings. The van der Waals surface area contributed by atoms with Gasteiger partial charge in [0.2, 0.25) is 5.91 Å². The first-order valence-electron chi connectivity index (χ1n) is 8.29. The van der Waals surface area contributed by atoms with Crippen molar-refractivity contribution in [2.45, 2.75) is 38.6 Å². The van der Waals surface area contributed by atoms with Crippen LogP contribution in [0.5, 0.6) is 5.75 Å². The van der Waals surface area contributed by atoms with Crippen molar-refractivity contribution in [3.05, 3.63) is 65.2 Å². The number of amides is 1. The van der Waals surface area contributed by atoms with Crippen LogP contribution in [0, 0.1) is 6.92 Å². The van der Waals surface area contributed by atoms with Crippen molar-refractivity contribution in [1.29, 1.82) is 0 Å². The first kappa shape index (κ1) is 15.6. The van der Waals surface area contributed by atoms with E-state index in [0.29, 0.717) is 13.0 Å². The smallest absolute Gasteiger partial charge is 0.223 e. The van der Waals surface area contributed by atoms with Crippen molar-refractivity contribution in [2.24, 2.45) is 0 Å². The number of para-hydroxylation sites is 1. The zero-order valence-corrected chi connectivity index (χ0v) is 13.5. The molecule has 2 aromatic rings. The van der Waals surface area contributed by atoms with Crippen molar-refractivity contribution >= 4 is 5.91 Å². The summed E-state index contributed by atoms with van der Waals surface area (Å²) in [7, 11) is 0. The summed E-state index contributed by atoms with van der Waals surface area (Å²) < 4.78 is 5.71. The predicted molar refractivity (Wildman–Crippen MR) is 91.6 cm³/mol. The van der Waals surface area contributed by atoms with Crippen LogP contribution in [0.4, 0.5) is 0 Å². The van der Waals surface area contributed by atoms with Gasteiger partial charge < -0.3 is 10.1 Å². The van der Waals surface area contributed by atoms with Gasteiger partial charge in [0.25, 0.3) is 0 Å². The predicted octanol–water partition coefficient (Wildman–Crippen LogP) is 3.96. The highest BCUT2D eigenvalue weighted by molar-refractivity contribution is 5.76. The van der Waals surface area contributed by atoms with E-state index < -0.39 is 0 Å². The lowest BCUT2D eigenvalue weighted by Crippen LogP contribution is -2.31. The van der Waals surface area contributed by atoms with Gasteiger partial charge in [-0.05, 0) is 48.9 Å². The Labute approximate surface area is 137 Å². The van der Waals surface area contributed by atoms with Gasteiger partial charge in [-0.25, -0.2) is 0 Å². The van der Waals surface area contributed by atoms with Gasteiger partial charge in [0.05, 0.1) is 19.1 Å². The summed E-state index contributed by atoms with van der Waals surface area (Å²) in [6.45, 7) is 2.42. The quantitative estimate of drug-likeness (QED) is 0.908. The van der Waals surface area contributed by atoms with E-state index in [2.05, 4.69) is 23.5 Å². The van der Waals surface area contributed by atoms with Crippen molar-refractivity contribution < 1.29 is 9.53 Å². The molecule has 23 heavy (non-hydrogen) atoms. The van der Waals surface area contributed by atoms with Gasteiger partial charge in [-0.15, -0.1) is 0 Å². The van der Waals surface area contributed by atoms with E-state index in [1.54, 1.807) is 0 Å². The SMILES string of the molecule is Cc1ccccc1OCCC(=O)NC1CCCc2ccccc21. The lowest BCUT2D eigenvalue weighted by atomic mass is 9.88. The molecule has 120 valence electrons. The Hall–Kier alpha value is -2.29. The maximum atomic E-state index is 12.2. The third kappa shape index (κ3) is 3.92. The van der Waals surface area contributed by atoms with Gasteiger partial charge in [-0.1, -0.05) is 42.5 Å². The molecule has 0 bridgehead atoms. The molecule has 1 amide bonds. The van der Waals surface area contributed by atoms with Crippen LogP contribution in [-0.2, 0) is 11.2 Å². The fourth-order valence-corrected chi connectivity index (χ4v) is 3.14. The van der Waals surface area contributed by atoms with Crippen LogP contribution < -0.4 is 10.1 Å². The molecule has 1 N–H and O–H groups in total. The second kappa shape index (κ2) is 7.32. The molecule has 0 spiro atoms. The van der Waals surface area contributed by atoms with Gasteiger partial charge in [0, 0.05) is 0 Å². The monoisotopic (exact) mass is 309 g/mol. The first-order valence-corrected chi connectivity index (χ1v) is 8.29. The average Bonchev–Trinajstić information content (AvgIpc) is 2.57. The summed E-state index contributed by atoms with van der Waals surface area (Å²) in [4.78, 5) is 12.2. The number of ether oxygens (including phenoxy) is 1. The Bertz CT molecular complexity index is 681. The molecule has 3 heteroatoms. The van der Waals surface area contributed by atoms with Crippen LogP contribution in [0.3, 0.4) is 0 Å². The largest absolute Gasteiger partial charge is 0.493 e. The minimum atomic E-state index is 0.0558. The summed E-state index contributed by atoms with van der Waals surface area (Å²) in [5.41, 5.74) is 3.72. The lowest BCUT2D eigenvalue weighted by molar-refractivity contribution is -0.122. The molecule has 3 rings (SSSR count). The summed E-state index contributed by atoms with van der Waals surface area (Å²) in [5.74, 6) is 0.906. The molecule has 0 fully saturated rings. The highest BCUT2D eigenvalue weighted by Gasteiger charge is 2.21. The van der Waals surface area contributed by atoms with Gasteiger partial charge in [-0.2, -0.15) is 0 Å². The van der Waals surface area contributed by atoms with Crippen molar-refractivity contribution in [3.8, 4) is 5.75 Å². The molecule has 1 aliphatic carbocycles. The maximum absolute atomic E-state index is 12.2. The highest BCUT2D eigenvalue weighted by atomic mass is 16.5. The molecule has 0 saturated heterocycles. The normalized spacial score (nSPS) is 16.5. The third-order valence-corrected chi connectivity index (χ3v) is 4.38. The molecule has 0 radical (unpaired) electrons. The van der Waals surface area contributed by atoms with Gasteiger partial charge in [0.15, 0.2) is 0 Å². The van der Waals surface area contributed by atoms with Crippen LogP contribution in [0.2, 0.25) is 0 Å². The molecule has 1 unspecified atom stereocenters. The number of hydrogen-bond donors (Lipinski definition) is 1. The lowest BCUT2D eigenvalue weighted by Gasteiger charge is -2.26. The molecule has 0 aliphatic heterocycles. The van der Waals surface area contributed by atoms with E-state index in [4.69, 9.17) is 4.74 Å². The van der Waals surface area contributed by atoms with Crippen LogP contribution in [0.15, 0.2) is 48.5 Å². The van der Waals surface area contributed by atoms with Crippen molar-refractivity contribution in [2.75, 3.05) is 6.61 Å². The minimum absolute atomic E-state index is 0.0558. The molecule has 0 aromatic heterocycles. The zero-order chi connectivity index (χ0) is 16.1. The molecule has 3 nitrogen and oxygen atoms in total. The molecule has 2 aromatic carbocycles. The number of rotatable bonds is 5. The van der Waals surface area contributed by atoms with E-state index in [1.807, 2.05) is 37.3 Å². The zero-order valence-electron chi connectivity index (χ0n) is 13.5. The van der Waals surface area contributed by atoms with Crippen LogP contribution in [0.25, 0.3) is 0 Å². The van der Waals surface area contributed by atoms with Gasteiger partial charge in [-0.3, -0.25) is 4.79 Å². The molecular formula is C20H23NO2. The van der Waals surface area contributed by atoms with Gasteiger partial charge >= 0.3 is 0 Å². The van der Waals surface area contributed by atoms with Crippen LogP contribution in [0.1, 0.15) is 42.0 Å². The standard InChI is InChI=1S/C20H23NO2/c1-15-7-2-5-12-19(15)23-14-13-20(22)21-18-11-6-9-16-8-3-4-10-17(16)18/h2-5,7-8,10,12,18H,6,9,11,13-14H2,1H3,(H,21,22). The summed E-state index contributed by atoms with van der Waals surface area (Å²) in [5, 5.41) is 3.16. The topological polar surface area (TPSA) is 38.3 Å². The van der Waals surface area contributed by atoms with Crippen LogP contribution >= 0.6 is 0 Å². The Morgan fingerprint density at radius 2 is 1.96 bits per heavy atom.